The second-order valence-electron chi connectivity index (χ2n) is 0.643. The Kier molecular flexibility index (Phi) is 2.04. The maximum atomic E-state index is 10.7. The fourth-order valence-electron chi connectivity index (χ4n) is 0.0292. The van der Waals surface area contributed by atoms with Gasteiger partial charge in [0.15, 0.2) is 0 Å². The van der Waals surface area contributed by atoms with Crippen LogP contribution in [0.4, 0.5) is 13.3 Å². The first-order valence-corrected chi connectivity index (χ1v) is 1.21. The smallest absolute Gasteiger partial charge is 0.387 e. The molecular formula is C2HF3O2. The standard InChI is InChI=1S/C2HF3O2/c3-1(4)2(6)7-5/h6H. The van der Waals surface area contributed by atoms with Crippen LogP contribution in [0.5, 0.6) is 0 Å². The summed E-state index contributed by atoms with van der Waals surface area (Å²) in [7, 11) is 0. The van der Waals surface area contributed by atoms with Gasteiger partial charge in [-0.2, -0.15) is 8.78 Å². The molecule has 1 N–H and O–H groups in total. The van der Waals surface area contributed by atoms with Gasteiger partial charge < -0.3 is 5.11 Å². The summed E-state index contributed by atoms with van der Waals surface area (Å²) >= 11 is 0. The Balaban J connectivity index is 3.72. The third kappa shape index (κ3) is 1.91. The third-order valence-corrected chi connectivity index (χ3v) is 0.235. The quantitative estimate of drug-likeness (QED) is 0.523. The van der Waals surface area contributed by atoms with Crippen molar-refractivity contribution in [3.05, 3.63) is 12.0 Å². The minimum atomic E-state index is -2.58. The summed E-state index contributed by atoms with van der Waals surface area (Å²) in [5, 5.41) is 7.47. The van der Waals surface area contributed by atoms with Crippen LogP contribution in [0.25, 0.3) is 0 Å². The average molecular weight is 114 g/mol. The molecule has 0 bridgehead atoms. The highest BCUT2D eigenvalue weighted by molar-refractivity contribution is 4.77. The van der Waals surface area contributed by atoms with Crippen molar-refractivity contribution >= 4 is 0 Å². The second-order valence-corrected chi connectivity index (χ2v) is 0.643. The van der Waals surface area contributed by atoms with Gasteiger partial charge in [0.2, 0.25) is 0 Å². The highest BCUT2D eigenvalue weighted by Gasteiger charge is 2.02. The van der Waals surface area contributed by atoms with E-state index in [9.17, 15) is 13.3 Å². The van der Waals surface area contributed by atoms with E-state index in [0.29, 0.717) is 0 Å². The van der Waals surface area contributed by atoms with Crippen LogP contribution in [0.15, 0.2) is 12.0 Å². The molecule has 0 saturated carbocycles. The van der Waals surface area contributed by atoms with E-state index in [2.05, 4.69) is 4.94 Å². The van der Waals surface area contributed by atoms with Gasteiger partial charge in [-0.1, -0.05) is 0 Å². The van der Waals surface area contributed by atoms with Crippen LogP contribution in [-0.2, 0) is 4.94 Å². The molecule has 5 heteroatoms. The molecule has 0 aliphatic carbocycles. The number of aliphatic hydroxyl groups excluding tert-OH is 1. The minimum Gasteiger partial charge on any atom is -0.475 e. The van der Waals surface area contributed by atoms with Gasteiger partial charge in [0.25, 0.3) is 0 Å². The van der Waals surface area contributed by atoms with E-state index < -0.39 is 12.0 Å². The zero-order chi connectivity index (χ0) is 5.86. The van der Waals surface area contributed by atoms with Crippen molar-refractivity contribution in [2.75, 3.05) is 0 Å². The van der Waals surface area contributed by atoms with Crippen molar-refractivity contribution in [1.29, 1.82) is 0 Å². The molecule has 0 radical (unpaired) electrons. The molecule has 0 saturated heterocycles. The lowest BCUT2D eigenvalue weighted by molar-refractivity contribution is -0.139. The molecule has 0 amide bonds. The number of halogens is 3. The Labute approximate surface area is 36.7 Å². The third-order valence-electron chi connectivity index (χ3n) is 0.235. The van der Waals surface area contributed by atoms with Gasteiger partial charge in [-0.25, -0.2) is 4.94 Å². The molecule has 0 aromatic rings. The largest absolute Gasteiger partial charge is 0.475 e. The molecular weight excluding hydrogens is 113 g/mol. The van der Waals surface area contributed by atoms with Crippen LogP contribution >= 0.6 is 0 Å². The van der Waals surface area contributed by atoms with E-state index in [-0.39, 0.29) is 0 Å². The Morgan fingerprint density at radius 2 is 1.86 bits per heavy atom. The van der Waals surface area contributed by atoms with Crippen LogP contribution in [0.3, 0.4) is 0 Å². The number of rotatable bonds is 1. The molecule has 0 rings (SSSR count). The molecule has 42 valence electrons. The van der Waals surface area contributed by atoms with Crippen LogP contribution in [0, 0.1) is 0 Å². The summed E-state index contributed by atoms with van der Waals surface area (Å²) in [4.78, 5) is 2.20. The Hall–Kier alpha value is -0.870. The van der Waals surface area contributed by atoms with Gasteiger partial charge in [0, 0.05) is 4.53 Å². The van der Waals surface area contributed by atoms with Crippen molar-refractivity contribution in [3.63, 3.8) is 0 Å². The first-order valence-electron chi connectivity index (χ1n) is 1.21. The summed E-state index contributed by atoms with van der Waals surface area (Å²) in [6.45, 7) is 0. The molecule has 0 heterocycles. The summed E-state index contributed by atoms with van der Waals surface area (Å²) in [6.07, 6.45) is -2.58. The van der Waals surface area contributed by atoms with Crippen molar-refractivity contribution in [2.45, 2.75) is 0 Å². The fraction of sp³-hybridized carbons (Fsp3) is 0. The van der Waals surface area contributed by atoms with Gasteiger partial charge in [0.1, 0.15) is 0 Å². The van der Waals surface area contributed by atoms with Crippen molar-refractivity contribution in [3.8, 4) is 0 Å². The summed E-state index contributed by atoms with van der Waals surface area (Å²) < 4.78 is 31.7. The maximum absolute atomic E-state index is 10.7. The van der Waals surface area contributed by atoms with Gasteiger partial charge in [-0.3, -0.25) is 0 Å². The molecule has 7 heavy (non-hydrogen) atoms. The van der Waals surface area contributed by atoms with Crippen LogP contribution in [0.1, 0.15) is 0 Å². The van der Waals surface area contributed by atoms with E-state index in [4.69, 9.17) is 5.11 Å². The van der Waals surface area contributed by atoms with E-state index in [1.165, 1.54) is 0 Å². The first-order chi connectivity index (χ1) is 3.18. The van der Waals surface area contributed by atoms with Gasteiger partial charge in [-0.15, -0.1) is 0 Å². The summed E-state index contributed by atoms with van der Waals surface area (Å²) in [5.74, 6) is -1.99. The zero-order valence-electron chi connectivity index (χ0n) is 2.99. The highest BCUT2D eigenvalue weighted by atomic mass is 19.3. The summed E-state index contributed by atoms with van der Waals surface area (Å²) in [5.41, 5.74) is 0. The topological polar surface area (TPSA) is 29.5 Å². The highest BCUT2D eigenvalue weighted by Crippen LogP contribution is 2.04. The van der Waals surface area contributed by atoms with Crippen molar-refractivity contribution in [2.24, 2.45) is 0 Å². The molecule has 0 aliphatic heterocycles. The normalized spacial score (nSPS) is 7.86. The van der Waals surface area contributed by atoms with Crippen LogP contribution < -0.4 is 0 Å². The van der Waals surface area contributed by atoms with E-state index in [1.54, 1.807) is 0 Å². The average Bonchev–Trinajstić information content (AvgIpc) is 1.65. The molecule has 2 nitrogen and oxygen atoms in total. The number of hydrogen-bond acceptors (Lipinski definition) is 2. The zero-order valence-corrected chi connectivity index (χ0v) is 2.99. The molecule has 0 atom stereocenters. The van der Waals surface area contributed by atoms with Crippen molar-refractivity contribution in [1.82, 2.24) is 0 Å². The molecule has 0 aliphatic rings. The molecule has 0 fully saturated rings. The van der Waals surface area contributed by atoms with E-state index in [0.717, 1.165) is 0 Å². The Bertz CT molecular complexity index is 84.9. The summed E-state index contributed by atoms with van der Waals surface area (Å²) in [6, 6.07) is 0. The van der Waals surface area contributed by atoms with E-state index >= 15 is 0 Å². The fourth-order valence-corrected chi connectivity index (χ4v) is 0.0292. The van der Waals surface area contributed by atoms with E-state index in [1.807, 2.05) is 0 Å². The number of aliphatic hydroxyl groups is 1. The van der Waals surface area contributed by atoms with Crippen LogP contribution in [-0.4, -0.2) is 5.11 Å². The molecule has 0 aromatic heterocycles. The van der Waals surface area contributed by atoms with Gasteiger partial charge >= 0.3 is 12.0 Å². The van der Waals surface area contributed by atoms with Crippen molar-refractivity contribution < 1.29 is 23.4 Å². The lowest BCUT2D eigenvalue weighted by Gasteiger charge is -1.83. The molecule has 0 aromatic carbocycles. The maximum Gasteiger partial charge on any atom is 0.387 e. The Morgan fingerprint density at radius 3 is 1.86 bits per heavy atom. The monoisotopic (exact) mass is 114 g/mol. The lowest BCUT2D eigenvalue weighted by Crippen LogP contribution is -1.79. The van der Waals surface area contributed by atoms with Gasteiger partial charge in [0.05, 0.1) is 0 Å². The number of hydrogen-bond donors (Lipinski definition) is 1. The predicted molar refractivity (Wildman–Crippen MR) is 14.1 cm³/mol. The predicted octanol–water partition coefficient (Wildman–Crippen LogP) is 1.51. The minimum absolute atomic E-state index is 1.99. The molecule has 0 unspecified atom stereocenters. The SMILES string of the molecule is OC(OF)=C(F)F. The van der Waals surface area contributed by atoms with Gasteiger partial charge in [-0.05, 0) is 0 Å². The second kappa shape index (κ2) is 2.33. The first kappa shape index (κ1) is 6.13. The lowest BCUT2D eigenvalue weighted by atomic mass is 11.0. The van der Waals surface area contributed by atoms with Crippen LogP contribution in [0.2, 0.25) is 0 Å². The Morgan fingerprint density at radius 1 is 1.43 bits per heavy atom. The molecule has 0 spiro atoms.